The molecule has 1 aromatic heterocycles. The maximum atomic E-state index is 14.2. The molecule has 0 bridgehead atoms. The number of aromatic nitrogens is 1. The highest BCUT2D eigenvalue weighted by Crippen LogP contribution is 2.37. The Morgan fingerprint density at radius 3 is 2.59 bits per heavy atom. The van der Waals surface area contributed by atoms with Gasteiger partial charge in [0.15, 0.2) is 11.5 Å². The lowest BCUT2D eigenvalue weighted by Crippen LogP contribution is -2.25. The highest BCUT2D eigenvalue weighted by molar-refractivity contribution is 5.96. The summed E-state index contributed by atoms with van der Waals surface area (Å²) in [5.41, 5.74) is 6.04. The number of amides is 1. The van der Waals surface area contributed by atoms with Gasteiger partial charge in [0.05, 0.1) is 30.3 Å². The van der Waals surface area contributed by atoms with Gasteiger partial charge in [-0.05, 0) is 62.1 Å². The number of hydrogen-bond donors (Lipinski definition) is 3. The van der Waals surface area contributed by atoms with Gasteiger partial charge >= 0.3 is 12.6 Å². The lowest BCUT2D eigenvalue weighted by Gasteiger charge is -2.12. The first-order chi connectivity index (χ1) is 17.6. The van der Waals surface area contributed by atoms with Gasteiger partial charge in [-0.25, -0.2) is 14.2 Å². The fourth-order valence-electron chi connectivity index (χ4n) is 3.50. The number of nitrogens with one attached hydrogen (secondary N) is 1. The molecule has 1 aliphatic rings. The molecule has 0 aliphatic heterocycles. The number of carboxylic acids is 1. The summed E-state index contributed by atoms with van der Waals surface area (Å²) in [5.74, 6) is -2.39. The number of oxazole rings is 1. The van der Waals surface area contributed by atoms with E-state index in [1.807, 2.05) is 0 Å². The zero-order valence-electron chi connectivity index (χ0n) is 19.7. The molecule has 3 aromatic rings. The average molecular weight is 519 g/mol. The summed E-state index contributed by atoms with van der Waals surface area (Å²) in [7, 11) is 0. The number of halogens is 3. The van der Waals surface area contributed by atoms with Crippen LogP contribution in [0, 0.1) is 11.7 Å². The van der Waals surface area contributed by atoms with Crippen molar-refractivity contribution in [1.29, 1.82) is 0 Å². The van der Waals surface area contributed by atoms with Gasteiger partial charge < -0.3 is 30.0 Å². The molecule has 1 aliphatic carbocycles. The van der Waals surface area contributed by atoms with E-state index in [2.05, 4.69) is 15.0 Å². The van der Waals surface area contributed by atoms with Gasteiger partial charge in [-0.2, -0.15) is 8.78 Å². The Labute approximate surface area is 209 Å². The van der Waals surface area contributed by atoms with E-state index in [-0.39, 0.29) is 46.5 Å². The van der Waals surface area contributed by atoms with Crippen molar-refractivity contribution in [1.82, 2.24) is 10.3 Å². The SMILES string of the molecule is C[C@H](N)c1oc(-c2ccc(OC(F)F)c(OCC3CC3)c2)nc1CNC(=O)c1ccc(C(=O)O)cc1F. The van der Waals surface area contributed by atoms with E-state index in [1.54, 1.807) is 6.92 Å². The van der Waals surface area contributed by atoms with Gasteiger partial charge in [0, 0.05) is 5.56 Å². The number of alkyl halides is 2. The second kappa shape index (κ2) is 10.9. The molecule has 9 nitrogen and oxygen atoms in total. The fourth-order valence-corrected chi connectivity index (χ4v) is 3.50. The van der Waals surface area contributed by atoms with E-state index in [0.717, 1.165) is 31.0 Å². The molecule has 4 N–H and O–H groups in total. The Bertz CT molecular complexity index is 1310. The van der Waals surface area contributed by atoms with Crippen LogP contribution in [0.4, 0.5) is 13.2 Å². The normalized spacial score (nSPS) is 13.9. The van der Waals surface area contributed by atoms with Crippen molar-refractivity contribution in [2.75, 3.05) is 6.61 Å². The first-order valence-electron chi connectivity index (χ1n) is 11.4. The predicted molar refractivity (Wildman–Crippen MR) is 124 cm³/mol. The van der Waals surface area contributed by atoms with E-state index in [9.17, 15) is 22.8 Å². The van der Waals surface area contributed by atoms with Crippen LogP contribution in [0.15, 0.2) is 40.8 Å². The Balaban J connectivity index is 1.55. The van der Waals surface area contributed by atoms with E-state index < -0.39 is 30.3 Å². The Morgan fingerprint density at radius 2 is 1.97 bits per heavy atom. The Hall–Kier alpha value is -4.06. The number of nitrogens with zero attached hydrogens (tertiary/aromatic N) is 1. The number of ether oxygens (including phenoxy) is 2. The van der Waals surface area contributed by atoms with Gasteiger partial charge in [0.25, 0.3) is 5.91 Å². The van der Waals surface area contributed by atoms with Crippen molar-refractivity contribution in [3.05, 3.63) is 64.8 Å². The van der Waals surface area contributed by atoms with Crippen LogP contribution in [-0.4, -0.2) is 35.2 Å². The predicted octanol–water partition coefficient (Wildman–Crippen LogP) is 4.52. The number of nitrogens with two attached hydrogens (primary N) is 1. The zero-order valence-corrected chi connectivity index (χ0v) is 19.7. The average Bonchev–Trinajstić information content (AvgIpc) is 3.57. The first-order valence-corrected chi connectivity index (χ1v) is 11.4. The molecule has 1 fully saturated rings. The van der Waals surface area contributed by atoms with Crippen LogP contribution in [0.1, 0.15) is 58.0 Å². The summed E-state index contributed by atoms with van der Waals surface area (Å²) in [6.45, 7) is -1.19. The lowest BCUT2D eigenvalue weighted by molar-refractivity contribution is -0.0515. The van der Waals surface area contributed by atoms with E-state index in [1.165, 1.54) is 18.2 Å². The standard InChI is InChI=1S/C25H24F3N3O6/c1-12(29)21-18(10-30-22(32)16-6-4-15(24(33)34)8-17(16)26)31-23(37-21)14-5-7-19(36-25(27)28)20(9-14)35-11-13-2-3-13/h4-9,12-13,25H,2-3,10-11,29H2,1H3,(H,30,32)(H,33,34)/t12-/m0/s1. The van der Waals surface area contributed by atoms with Crippen molar-refractivity contribution >= 4 is 11.9 Å². The van der Waals surface area contributed by atoms with Crippen LogP contribution >= 0.6 is 0 Å². The van der Waals surface area contributed by atoms with Crippen LogP contribution in [-0.2, 0) is 6.54 Å². The minimum Gasteiger partial charge on any atom is -0.489 e. The molecule has 37 heavy (non-hydrogen) atoms. The molecular formula is C25H24F3N3O6. The number of carboxylic acid groups (broad SMARTS) is 1. The van der Waals surface area contributed by atoms with Gasteiger partial charge in [-0.15, -0.1) is 0 Å². The topological polar surface area (TPSA) is 137 Å². The first kappa shape index (κ1) is 26.0. The minimum absolute atomic E-state index is 0.105. The van der Waals surface area contributed by atoms with Crippen molar-refractivity contribution in [3.8, 4) is 23.0 Å². The molecule has 0 radical (unpaired) electrons. The molecular weight excluding hydrogens is 495 g/mol. The number of hydrogen-bond acceptors (Lipinski definition) is 7. The summed E-state index contributed by atoms with van der Waals surface area (Å²) in [6.07, 6.45) is 2.01. The van der Waals surface area contributed by atoms with Crippen LogP contribution in [0.2, 0.25) is 0 Å². The van der Waals surface area contributed by atoms with E-state index in [0.29, 0.717) is 18.1 Å². The van der Waals surface area contributed by atoms with Crippen LogP contribution < -0.4 is 20.5 Å². The summed E-state index contributed by atoms with van der Waals surface area (Å²) >= 11 is 0. The highest BCUT2D eigenvalue weighted by atomic mass is 19.3. The number of benzene rings is 2. The molecule has 0 saturated heterocycles. The Morgan fingerprint density at radius 1 is 1.22 bits per heavy atom. The molecule has 0 spiro atoms. The summed E-state index contributed by atoms with van der Waals surface area (Å²) in [4.78, 5) is 27.9. The highest BCUT2D eigenvalue weighted by Gasteiger charge is 2.24. The third-order valence-corrected chi connectivity index (χ3v) is 5.60. The molecule has 1 atom stereocenters. The quantitative estimate of drug-likeness (QED) is 0.336. The van der Waals surface area contributed by atoms with Crippen LogP contribution in [0.3, 0.4) is 0 Å². The summed E-state index contributed by atoms with van der Waals surface area (Å²) in [6, 6.07) is 6.59. The van der Waals surface area contributed by atoms with Crippen molar-refractivity contribution in [2.45, 2.75) is 39.0 Å². The molecule has 12 heteroatoms. The fraction of sp³-hybridized carbons (Fsp3) is 0.320. The third kappa shape index (κ3) is 6.39. The molecule has 1 heterocycles. The number of aromatic carboxylic acids is 1. The Kier molecular flexibility index (Phi) is 7.67. The molecule has 2 aromatic carbocycles. The summed E-state index contributed by atoms with van der Waals surface area (Å²) in [5, 5.41) is 11.5. The van der Waals surface area contributed by atoms with Crippen LogP contribution in [0.5, 0.6) is 11.5 Å². The van der Waals surface area contributed by atoms with Gasteiger partial charge in [0.1, 0.15) is 17.3 Å². The second-order valence-corrected chi connectivity index (χ2v) is 8.60. The molecule has 1 amide bonds. The van der Waals surface area contributed by atoms with E-state index >= 15 is 0 Å². The summed E-state index contributed by atoms with van der Waals surface area (Å²) < 4.78 is 55.9. The number of carbonyl (C=O) groups excluding carboxylic acids is 1. The third-order valence-electron chi connectivity index (χ3n) is 5.60. The molecule has 1 saturated carbocycles. The lowest BCUT2D eigenvalue weighted by atomic mass is 10.1. The van der Waals surface area contributed by atoms with Gasteiger partial charge in [-0.3, -0.25) is 4.79 Å². The maximum Gasteiger partial charge on any atom is 0.387 e. The monoisotopic (exact) mass is 519 g/mol. The van der Waals surface area contributed by atoms with Gasteiger partial charge in [0.2, 0.25) is 5.89 Å². The smallest absolute Gasteiger partial charge is 0.387 e. The zero-order chi connectivity index (χ0) is 26.7. The van der Waals surface area contributed by atoms with Gasteiger partial charge in [-0.1, -0.05) is 0 Å². The van der Waals surface area contributed by atoms with Crippen LogP contribution in [0.25, 0.3) is 11.5 Å². The minimum atomic E-state index is -3.03. The van der Waals surface area contributed by atoms with Crippen molar-refractivity contribution in [3.63, 3.8) is 0 Å². The number of rotatable bonds is 11. The van der Waals surface area contributed by atoms with Crippen molar-refractivity contribution in [2.24, 2.45) is 11.7 Å². The van der Waals surface area contributed by atoms with Crippen molar-refractivity contribution < 1.29 is 41.8 Å². The second-order valence-electron chi connectivity index (χ2n) is 8.60. The maximum absolute atomic E-state index is 14.2. The van der Waals surface area contributed by atoms with E-state index in [4.69, 9.17) is 20.0 Å². The molecule has 196 valence electrons. The molecule has 0 unspecified atom stereocenters. The largest absolute Gasteiger partial charge is 0.489 e. The number of carbonyl (C=O) groups is 2. The molecule has 4 rings (SSSR count).